The molecule has 0 N–H and O–H groups in total. The molecule has 0 spiro atoms. The molecule has 0 aromatic carbocycles. The lowest BCUT2D eigenvalue weighted by Gasteiger charge is -2.02. The number of rotatable bonds is 2. The fourth-order valence-electron chi connectivity index (χ4n) is 1.15. The molecule has 1 aromatic heterocycles. The number of aldehydes is 1. The molecule has 1 heterocycles. The summed E-state index contributed by atoms with van der Waals surface area (Å²) in [6, 6.07) is 1.73. The van der Waals surface area contributed by atoms with Crippen molar-refractivity contribution < 1.29 is 14.3 Å². The van der Waals surface area contributed by atoms with Gasteiger partial charge in [-0.2, -0.15) is 0 Å². The van der Waals surface area contributed by atoms with Crippen LogP contribution in [0.3, 0.4) is 0 Å². The van der Waals surface area contributed by atoms with Gasteiger partial charge in [0.15, 0.2) is 5.69 Å². The van der Waals surface area contributed by atoms with Crippen LogP contribution < -0.4 is 0 Å². The van der Waals surface area contributed by atoms with Gasteiger partial charge in [0.25, 0.3) is 0 Å². The van der Waals surface area contributed by atoms with Crippen LogP contribution in [-0.4, -0.2) is 24.3 Å². The van der Waals surface area contributed by atoms with Gasteiger partial charge in [0.05, 0.1) is 13.5 Å². The Balaban J connectivity index is 2.96. The first-order valence-corrected chi connectivity index (χ1v) is 4.66. The maximum absolute atomic E-state index is 11.2. The third-order valence-electron chi connectivity index (χ3n) is 1.88. The summed E-state index contributed by atoms with van der Waals surface area (Å²) in [6.07, 6.45) is 2.41. The van der Waals surface area contributed by atoms with Crippen LogP contribution in [0.25, 0.3) is 0 Å². The Morgan fingerprint density at radius 1 is 1.62 bits per heavy atom. The fourth-order valence-corrected chi connectivity index (χ4v) is 1.15. The molecule has 1 rings (SSSR count). The second kappa shape index (κ2) is 5.66. The lowest BCUT2D eigenvalue weighted by Crippen LogP contribution is -2.06. The van der Waals surface area contributed by atoms with E-state index in [1.165, 1.54) is 13.3 Å². The van der Waals surface area contributed by atoms with Crippen LogP contribution in [0.5, 0.6) is 0 Å². The van der Waals surface area contributed by atoms with Gasteiger partial charge in [-0.1, -0.05) is 11.8 Å². The Bertz CT molecular complexity index is 469. The van der Waals surface area contributed by atoms with E-state index in [9.17, 15) is 9.59 Å². The van der Waals surface area contributed by atoms with Gasteiger partial charge in [-0.3, -0.25) is 0 Å². The minimum atomic E-state index is -0.468. The van der Waals surface area contributed by atoms with Gasteiger partial charge in [-0.25, -0.2) is 9.78 Å². The molecular weight excluding hydrogens is 206 g/mol. The van der Waals surface area contributed by atoms with Crippen molar-refractivity contribution in [3.63, 3.8) is 0 Å². The smallest absolute Gasteiger partial charge is 0.356 e. The Hall–Kier alpha value is -2.15. The number of hydrogen-bond acceptors (Lipinski definition) is 4. The van der Waals surface area contributed by atoms with E-state index < -0.39 is 5.97 Å². The highest BCUT2D eigenvalue weighted by Crippen LogP contribution is 2.08. The standard InChI is InChI=1S/C12H11NO3/c1-9-7-10(5-3-4-6-14)8-13-11(9)12(15)16-2/h6-8H,4H2,1-2H3. The number of aryl methyl sites for hydroxylation is 1. The highest BCUT2D eigenvalue weighted by Gasteiger charge is 2.10. The Labute approximate surface area is 93.6 Å². The molecule has 1 aromatic rings. The highest BCUT2D eigenvalue weighted by atomic mass is 16.5. The first kappa shape index (κ1) is 11.9. The zero-order chi connectivity index (χ0) is 12.0. The predicted molar refractivity (Wildman–Crippen MR) is 57.9 cm³/mol. The molecule has 0 bridgehead atoms. The fraction of sp³-hybridized carbons (Fsp3) is 0.250. The van der Waals surface area contributed by atoms with Gasteiger partial charge in [-0.15, -0.1) is 0 Å². The van der Waals surface area contributed by atoms with Gasteiger partial charge < -0.3 is 9.53 Å². The minimum absolute atomic E-state index is 0.192. The summed E-state index contributed by atoms with van der Waals surface area (Å²) in [5.41, 5.74) is 1.65. The summed E-state index contributed by atoms with van der Waals surface area (Å²) in [7, 11) is 1.31. The van der Waals surface area contributed by atoms with Crippen molar-refractivity contribution in [3.8, 4) is 11.8 Å². The second-order valence-electron chi connectivity index (χ2n) is 3.05. The molecule has 0 aliphatic heterocycles. The maximum atomic E-state index is 11.2. The molecule has 82 valence electrons. The first-order chi connectivity index (χ1) is 7.69. The van der Waals surface area contributed by atoms with Crippen LogP contribution in [0, 0.1) is 18.8 Å². The molecule has 16 heavy (non-hydrogen) atoms. The van der Waals surface area contributed by atoms with Gasteiger partial charge in [-0.05, 0) is 18.6 Å². The number of carbonyl (C=O) groups excluding carboxylic acids is 2. The zero-order valence-electron chi connectivity index (χ0n) is 9.11. The molecule has 0 atom stereocenters. The number of methoxy groups -OCH3 is 1. The topological polar surface area (TPSA) is 56.3 Å². The van der Waals surface area contributed by atoms with Gasteiger partial charge in [0.2, 0.25) is 0 Å². The molecular formula is C12H11NO3. The van der Waals surface area contributed by atoms with E-state index in [1.54, 1.807) is 13.0 Å². The monoisotopic (exact) mass is 217 g/mol. The van der Waals surface area contributed by atoms with Crippen molar-refractivity contribution in [2.24, 2.45) is 0 Å². The molecule has 0 radical (unpaired) electrons. The molecule has 4 heteroatoms. The van der Waals surface area contributed by atoms with Crippen molar-refractivity contribution in [1.29, 1.82) is 0 Å². The van der Waals surface area contributed by atoms with Crippen LogP contribution in [0.1, 0.15) is 28.0 Å². The maximum Gasteiger partial charge on any atom is 0.356 e. The van der Waals surface area contributed by atoms with Crippen LogP contribution >= 0.6 is 0 Å². The summed E-state index contributed by atoms with van der Waals surface area (Å²) in [5, 5.41) is 0. The van der Waals surface area contributed by atoms with Crippen LogP contribution in [0.2, 0.25) is 0 Å². The Kier molecular flexibility index (Phi) is 4.22. The van der Waals surface area contributed by atoms with E-state index in [-0.39, 0.29) is 12.1 Å². The second-order valence-corrected chi connectivity index (χ2v) is 3.05. The van der Waals surface area contributed by atoms with Crippen LogP contribution in [0.4, 0.5) is 0 Å². The molecule has 0 amide bonds. The molecule has 0 fully saturated rings. The molecule has 0 aliphatic rings. The summed E-state index contributed by atoms with van der Waals surface area (Å²) in [6.45, 7) is 1.75. The number of ether oxygens (including phenoxy) is 1. The Morgan fingerprint density at radius 2 is 2.38 bits per heavy atom. The average Bonchev–Trinajstić information content (AvgIpc) is 2.29. The van der Waals surface area contributed by atoms with Crippen LogP contribution in [-0.2, 0) is 9.53 Å². The van der Waals surface area contributed by atoms with E-state index >= 15 is 0 Å². The van der Waals surface area contributed by atoms with E-state index in [1.807, 2.05) is 0 Å². The van der Waals surface area contributed by atoms with Crippen molar-refractivity contribution in [3.05, 3.63) is 29.1 Å². The average molecular weight is 217 g/mol. The van der Waals surface area contributed by atoms with Gasteiger partial charge in [0, 0.05) is 11.8 Å². The quantitative estimate of drug-likeness (QED) is 0.423. The lowest BCUT2D eigenvalue weighted by atomic mass is 10.1. The highest BCUT2D eigenvalue weighted by molar-refractivity contribution is 5.88. The van der Waals surface area contributed by atoms with E-state index in [0.29, 0.717) is 11.1 Å². The number of esters is 1. The Morgan fingerprint density at radius 3 is 2.94 bits per heavy atom. The van der Waals surface area contributed by atoms with Gasteiger partial charge in [0.1, 0.15) is 6.29 Å². The van der Waals surface area contributed by atoms with E-state index in [2.05, 4.69) is 21.6 Å². The van der Waals surface area contributed by atoms with E-state index in [4.69, 9.17) is 0 Å². The molecule has 0 saturated carbocycles. The molecule has 4 nitrogen and oxygen atoms in total. The number of nitrogens with zero attached hydrogens (tertiary/aromatic N) is 1. The number of hydrogen-bond donors (Lipinski definition) is 0. The first-order valence-electron chi connectivity index (χ1n) is 4.66. The zero-order valence-corrected chi connectivity index (χ0v) is 9.11. The summed E-state index contributed by atoms with van der Waals surface area (Å²) < 4.78 is 4.57. The lowest BCUT2D eigenvalue weighted by molar-refractivity contribution is -0.107. The molecule has 0 aliphatic carbocycles. The third-order valence-corrected chi connectivity index (χ3v) is 1.88. The van der Waals surface area contributed by atoms with Crippen molar-refractivity contribution in [1.82, 2.24) is 4.98 Å². The van der Waals surface area contributed by atoms with E-state index in [0.717, 1.165) is 6.29 Å². The molecule has 0 unspecified atom stereocenters. The summed E-state index contributed by atoms with van der Waals surface area (Å²) in [4.78, 5) is 25.3. The SMILES string of the molecule is COC(=O)c1ncc(C#CCC=O)cc1C. The number of aromatic nitrogens is 1. The van der Waals surface area contributed by atoms with Crippen molar-refractivity contribution >= 4 is 12.3 Å². The number of pyridine rings is 1. The summed E-state index contributed by atoms with van der Waals surface area (Å²) >= 11 is 0. The van der Waals surface area contributed by atoms with Gasteiger partial charge >= 0.3 is 5.97 Å². The van der Waals surface area contributed by atoms with Crippen molar-refractivity contribution in [2.45, 2.75) is 13.3 Å². The largest absolute Gasteiger partial charge is 0.464 e. The third kappa shape index (κ3) is 2.92. The number of carbonyl (C=O) groups is 2. The normalized spacial score (nSPS) is 8.88. The minimum Gasteiger partial charge on any atom is -0.464 e. The predicted octanol–water partition coefficient (Wildman–Crippen LogP) is 1.12. The van der Waals surface area contributed by atoms with Crippen LogP contribution in [0.15, 0.2) is 12.3 Å². The van der Waals surface area contributed by atoms with Crippen molar-refractivity contribution in [2.75, 3.05) is 7.11 Å². The molecule has 0 saturated heterocycles. The summed E-state index contributed by atoms with van der Waals surface area (Å²) in [5.74, 6) is 4.97.